The predicted octanol–water partition coefficient (Wildman–Crippen LogP) is 4.24. The molecule has 0 spiro atoms. The van der Waals surface area contributed by atoms with Gasteiger partial charge < -0.3 is 5.11 Å². The van der Waals surface area contributed by atoms with Crippen LogP contribution in [0.4, 0.5) is 4.39 Å². The normalized spacial score (nSPS) is 12.8. The molecule has 0 saturated heterocycles. The van der Waals surface area contributed by atoms with E-state index in [-0.39, 0.29) is 10.8 Å². The third-order valence-electron chi connectivity index (χ3n) is 2.72. The van der Waals surface area contributed by atoms with Crippen LogP contribution in [0.3, 0.4) is 0 Å². The van der Waals surface area contributed by atoms with Gasteiger partial charge in [0.25, 0.3) is 0 Å². The number of hydrogen-bond donors (Lipinski definition) is 1. The fourth-order valence-corrected chi connectivity index (χ4v) is 2.88. The molecular weight excluding hydrogens is 259 g/mol. The molecule has 1 nitrogen and oxygen atoms in total. The summed E-state index contributed by atoms with van der Waals surface area (Å²) in [5.74, 6) is -0.353. The Hall–Kier alpha value is -0.900. The van der Waals surface area contributed by atoms with Crippen LogP contribution < -0.4 is 0 Å². The molecule has 1 N–H and O–H groups in total. The minimum atomic E-state index is -0.790. The van der Waals surface area contributed by atoms with Crippen LogP contribution in [0, 0.1) is 19.7 Å². The fourth-order valence-electron chi connectivity index (χ4n) is 1.69. The second kappa shape index (κ2) is 4.77. The van der Waals surface area contributed by atoms with Crippen LogP contribution in [-0.4, -0.2) is 5.11 Å². The summed E-state index contributed by atoms with van der Waals surface area (Å²) in [7, 11) is 0. The minimum absolute atomic E-state index is 0.258. The average molecular weight is 271 g/mol. The van der Waals surface area contributed by atoms with Crippen molar-refractivity contribution in [3.05, 3.63) is 56.0 Å². The van der Waals surface area contributed by atoms with Gasteiger partial charge in [-0.15, -0.1) is 11.3 Å². The first-order chi connectivity index (χ1) is 8.00. The van der Waals surface area contributed by atoms with Crippen molar-refractivity contribution in [2.45, 2.75) is 20.0 Å². The zero-order valence-corrected chi connectivity index (χ0v) is 11.1. The summed E-state index contributed by atoms with van der Waals surface area (Å²) in [5, 5.41) is 12.4. The first-order valence-corrected chi connectivity index (χ1v) is 6.44. The Labute approximate surface area is 108 Å². The molecule has 0 saturated carbocycles. The van der Waals surface area contributed by atoms with Crippen LogP contribution in [0.1, 0.15) is 27.7 Å². The van der Waals surface area contributed by atoms with E-state index in [0.717, 1.165) is 10.4 Å². The molecule has 1 heterocycles. The first kappa shape index (κ1) is 12.6. The van der Waals surface area contributed by atoms with Gasteiger partial charge in [0.1, 0.15) is 11.9 Å². The van der Waals surface area contributed by atoms with Gasteiger partial charge in [0, 0.05) is 15.5 Å². The second-order valence-corrected chi connectivity index (χ2v) is 5.35. The van der Waals surface area contributed by atoms with Crippen molar-refractivity contribution in [2.24, 2.45) is 0 Å². The van der Waals surface area contributed by atoms with Crippen LogP contribution in [0.5, 0.6) is 0 Å². The van der Waals surface area contributed by atoms with Gasteiger partial charge in [0.15, 0.2) is 0 Å². The van der Waals surface area contributed by atoms with Crippen LogP contribution >= 0.6 is 22.9 Å². The molecular formula is C13H12ClFOS. The summed E-state index contributed by atoms with van der Waals surface area (Å²) in [6.07, 6.45) is -0.790. The molecule has 1 aromatic carbocycles. The summed E-state index contributed by atoms with van der Waals surface area (Å²) in [6.45, 7) is 3.59. The molecule has 0 aliphatic carbocycles. The Bertz CT molecular complexity index is 550. The van der Waals surface area contributed by atoms with E-state index in [4.69, 9.17) is 11.6 Å². The lowest BCUT2D eigenvalue weighted by Crippen LogP contribution is -2.01. The smallest absolute Gasteiger partial charge is 0.127 e. The van der Waals surface area contributed by atoms with Crippen molar-refractivity contribution in [2.75, 3.05) is 0 Å². The fraction of sp³-hybridized carbons (Fsp3) is 0.231. The molecule has 2 rings (SSSR count). The molecule has 0 radical (unpaired) electrons. The molecule has 0 fully saturated rings. The van der Waals surface area contributed by atoms with E-state index in [2.05, 4.69) is 0 Å². The SMILES string of the molecule is Cc1cc(C(O)c2sccc2C)c(Cl)cc1F. The van der Waals surface area contributed by atoms with Crippen molar-refractivity contribution in [3.63, 3.8) is 0 Å². The van der Waals surface area contributed by atoms with Crippen molar-refractivity contribution in [3.8, 4) is 0 Å². The van der Waals surface area contributed by atoms with E-state index in [1.54, 1.807) is 13.0 Å². The van der Waals surface area contributed by atoms with Gasteiger partial charge >= 0.3 is 0 Å². The zero-order valence-electron chi connectivity index (χ0n) is 9.50. The molecule has 90 valence electrons. The van der Waals surface area contributed by atoms with Gasteiger partial charge in [0.05, 0.1) is 0 Å². The highest BCUT2D eigenvalue weighted by atomic mass is 35.5. The summed E-state index contributed by atoms with van der Waals surface area (Å²) in [6, 6.07) is 4.79. The second-order valence-electron chi connectivity index (χ2n) is 3.99. The van der Waals surface area contributed by atoms with Gasteiger partial charge in [-0.25, -0.2) is 4.39 Å². The molecule has 1 unspecified atom stereocenters. The first-order valence-electron chi connectivity index (χ1n) is 5.18. The molecule has 0 amide bonds. The third-order valence-corrected chi connectivity index (χ3v) is 4.12. The number of rotatable bonds is 2. The monoisotopic (exact) mass is 270 g/mol. The van der Waals surface area contributed by atoms with Crippen LogP contribution in [0.15, 0.2) is 23.6 Å². The third kappa shape index (κ3) is 2.37. The minimum Gasteiger partial charge on any atom is -0.383 e. The summed E-state index contributed by atoms with van der Waals surface area (Å²) < 4.78 is 13.3. The number of aliphatic hydroxyl groups excluding tert-OH is 1. The number of thiophene rings is 1. The number of aliphatic hydroxyl groups is 1. The van der Waals surface area contributed by atoms with E-state index >= 15 is 0 Å². The highest BCUT2D eigenvalue weighted by Gasteiger charge is 2.18. The average Bonchev–Trinajstić information content (AvgIpc) is 2.69. The van der Waals surface area contributed by atoms with E-state index < -0.39 is 6.10 Å². The lowest BCUT2D eigenvalue weighted by molar-refractivity contribution is 0.223. The summed E-state index contributed by atoms with van der Waals surface area (Å²) in [4.78, 5) is 0.845. The lowest BCUT2D eigenvalue weighted by Gasteiger charge is -2.13. The largest absolute Gasteiger partial charge is 0.383 e. The molecule has 0 aliphatic rings. The van der Waals surface area contributed by atoms with E-state index in [1.165, 1.54) is 17.4 Å². The zero-order chi connectivity index (χ0) is 12.6. The Balaban J connectivity index is 2.48. The van der Waals surface area contributed by atoms with Gasteiger partial charge in [0.2, 0.25) is 0 Å². The van der Waals surface area contributed by atoms with E-state index in [1.807, 2.05) is 18.4 Å². The summed E-state index contributed by atoms with van der Waals surface area (Å²) in [5.41, 5.74) is 2.05. The van der Waals surface area contributed by atoms with E-state index in [9.17, 15) is 9.50 Å². The van der Waals surface area contributed by atoms with Crippen molar-refractivity contribution in [1.82, 2.24) is 0 Å². The Morgan fingerprint density at radius 2 is 2.00 bits per heavy atom. The quantitative estimate of drug-likeness (QED) is 0.865. The molecule has 4 heteroatoms. The Morgan fingerprint density at radius 1 is 1.29 bits per heavy atom. The van der Waals surface area contributed by atoms with Crippen molar-refractivity contribution in [1.29, 1.82) is 0 Å². The molecule has 2 aromatic rings. The van der Waals surface area contributed by atoms with Gasteiger partial charge in [-0.05, 0) is 48.6 Å². The number of hydrogen-bond acceptors (Lipinski definition) is 2. The maximum atomic E-state index is 13.3. The number of aryl methyl sites for hydroxylation is 2. The van der Waals surface area contributed by atoms with Crippen molar-refractivity contribution < 1.29 is 9.50 Å². The number of benzene rings is 1. The van der Waals surface area contributed by atoms with Crippen LogP contribution in [-0.2, 0) is 0 Å². The maximum Gasteiger partial charge on any atom is 0.127 e. The molecule has 17 heavy (non-hydrogen) atoms. The van der Waals surface area contributed by atoms with Crippen LogP contribution in [0.2, 0.25) is 5.02 Å². The lowest BCUT2D eigenvalue weighted by atomic mass is 10.0. The highest BCUT2D eigenvalue weighted by molar-refractivity contribution is 7.10. The van der Waals surface area contributed by atoms with Gasteiger partial charge in [-0.2, -0.15) is 0 Å². The molecule has 1 aromatic heterocycles. The van der Waals surface area contributed by atoms with Gasteiger partial charge in [-0.1, -0.05) is 11.6 Å². The Kier molecular flexibility index (Phi) is 3.52. The standard InChI is InChI=1S/C13H12ClFOS/c1-7-3-4-17-13(7)12(16)9-5-8(2)11(15)6-10(9)14/h3-6,12,16H,1-2H3. The molecule has 1 atom stereocenters. The molecule has 0 bridgehead atoms. The van der Waals surface area contributed by atoms with Crippen LogP contribution in [0.25, 0.3) is 0 Å². The van der Waals surface area contributed by atoms with Crippen molar-refractivity contribution >= 4 is 22.9 Å². The maximum absolute atomic E-state index is 13.3. The predicted molar refractivity (Wildman–Crippen MR) is 69.3 cm³/mol. The highest BCUT2D eigenvalue weighted by Crippen LogP contribution is 2.34. The summed E-state index contributed by atoms with van der Waals surface area (Å²) >= 11 is 7.44. The van der Waals surface area contributed by atoms with E-state index in [0.29, 0.717) is 11.1 Å². The molecule has 0 aliphatic heterocycles. The number of halogens is 2. The topological polar surface area (TPSA) is 20.2 Å². The van der Waals surface area contributed by atoms with Gasteiger partial charge in [-0.3, -0.25) is 0 Å². The Morgan fingerprint density at radius 3 is 2.59 bits per heavy atom.